The zero-order valence-electron chi connectivity index (χ0n) is 10.1. The molecule has 3 aromatic rings. The molecule has 0 fully saturated rings. The second-order valence-corrected chi connectivity index (χ2v) is 4.97. The van der Waals surface area contributed by atoms with E-state index in [0.717, 1.165) is 5.39 Å². The van der Waals surface area contributed by atoms with Gasteiger partial charge in [-0.2, -0.15) is 0 Å². The van der Waals surface area contributed by atoms with Gasteiger partial charge in [-0.1, -0.05) is 35.3 Å². The van der Waals surface area contributed by atoms with E-state index in [0.29, 0.717) is 22.0 Å². The van der Waals surface area contributed by atoms with Crippen molar-refractivity contribution in [2.24, 2.45) is 0 Å². The number of benzene rings is 2. The van der Waals surface area contributed by atoms with Gasteiger partial charge >= 0.3 is 0 Å². The molecule has 0 N–H and O–H groups in total. The molecule has 0 atom stereocenters. The molecule has 1 aromatic heterocycles. The summed E-state index contributed by atoms with van der Waals surface area (Å²) in [6, 6.07) is 11.2. The van der Waals surface area contributed by atoms with Gasteiger partial charge < -0.3 is 4.74 Å². The number of aromatic nitrogens is 1. The molecule has 0 saturated heterocycles. The van der Waals surface area contributed by atoms with E-state index in [1.165, 1.54) is 18.2 Å². The summed E-state index contributed by atoms with van der Waals surface area (Å²) in [6.45, 7) is 0. The Balaban J connectivity index is 1.99. The zero-order valence-corrected chi connectivity index (χ0v) is 11.6. The molecule has 2 aromatic carbocycles. The Kier molecular flexibility index (Phi) is 3.47. The average molecular weight is 308 g/mol. The van der Waals surface area contributed by atoms with Gasteiger partial charge in [-0.3, -0.25) is 4.98 Å². The molecule has 0 aliphatic rings. The van der Waals surface area contributed by atoms with Crippen LogP contribution in [0.4, 0.5) is 4.39 Å². The Morgan fingerprint density at radius 2 is 1.85 bits per heavy atom. The van der Waals surface area contributed by atoms with Crippen molar-refractivity contribution >= 4 is 34.1 Å². The fourth-order valence-electron chi connectivity index (χ4n) is 1.84. The summed E-state index contributed by atoms with van der Waals surface area (Å²) in [5.41, 5.74) is 0.701. The van der Waals surface area contributed by atoms with Gasteiger partial charge in [0.1, 0.15) is 17.3 Å². The van der Waals surface area contributed by atoms with Gasteiger partial charge in [0.25, 0.3) is 0 Å². The number of fused-ring (bicyclic) bond motifs is 1. The van der Waals surface area contributed by atoms with Crippen molar-refractivity contribution in [1.29, 1.82) is 0 Å². The zero-order chi connectivity index (χ0) is 14.1. The van der Waals surface area contributed by atoms with Crippen molar-refractivity contribution in [2.45, 2.75) is 0 Å². The van der Waals surface area contributed by atoms with Gasteiger partial charge in [0.2, 0.25) is 0 Å². The maximum Gasteiger partial charge on any atom is 0.146 e. The monoisotopic (exact) mass is 307 g/mol. The number of pyridine rings is 1. The van der Waals surface area contributed by atoms with Crippen LogP contribution >= 0.6 is 23.2 Å². The van der Waals surface area contributed by atoms with Gasteiger partial charge in [0.15, 0.2) is 0 Å². The van der Waals surface area contributed by atoms with E-state index in [4.69, 9.17) is 27.9 Å². The van der Waals surface area contributed by atoms with E-state index in [1.54, 1.807) is 18.3 Å². The third kappa shape index (κ3) is 2.55. The van der Waals surface area contributed by atoms with Crippen LogP contribution in [-0.4, -0.2) is 4.98 Å². The largest absolute Gasteiger partial charge is 0.454 e. The lowest BCUT2D eigenvalue weighted by Gasteiger charge is -2.08. The predicted molar refractivity (Wildman–Crippen MR) is 78.2 cm³/mol. The Morgan fingerprint density at radius 1 is 1.00 bits per heavy atom. The summed E-state index contributed by atoms with van der Waals surface area (Å²) < 4.78 is 18.6. The third-order valence-electron chi connectivity index (χ3n) is 2.76. The van der Waals surface area contributed by atoms with Gasteiger partial charge in [0.05, 0.1) is 21.8 Å². The Hall–Kier alpha value is -1.84. The molecule has 0 aliphatic heterocycles. The summed E-state index contributed by atoms with van der Waals surface area (Å²) in [5, 5.41) is 1.64. The molecule has 0 aliphatic carbocycles. The quantitative estimate of drug-likeness (QED) is 0.626. The Morgan fingerprint density at radius 3 is 2.65 bits per heavy atom. The standard InChI is InChI=1S/C15H8Cl2FNO/c16-12-3-1-2-9-6-11(8-19-15(9)12)20-14-5-4-10(18)7-13(14)17/h1-8H. The molecule has 0 amide bonds. The summed E-state index contributed by atoms with van der Waals surface area (Å²) in [5.74, 6) is 0.468. The number of rotatable bonds is 2. The van der Waals surface area contributed by atoms with Crippen LogP contribution in [0.2, 0.25) is 10.0 Å². The summed E-state index contributed by atoms with van der Waals surface area (Å²) in [4.78, 5) is 4.25. The van der Waals surface area contributed by atoms with Crippen molar-refractivity contribution < 1.29 is 9.13 Å². The Labute approximate surface area is 124 Å². The molecule has 3 rings (SSSR count). The van der Waals surface area contributed by atoms with Gasteiger partial charge in [0, 0.05) is 5.39 Å². The van der Waals surface area contributed by atoms with Crippen LogP contribution in [0.25, 0.3) is 10.9 Å². The highest BCUT2D eigenvalue weighted by Crippen LogP contribution is 2.31. The lowest BCUT2D eigenvalue weighted by molar-refractivity contribution is 0.479. The molecule has 0 bridgehead atoms. The second kappa shape index (κ2) is 5.27. The van der Waals surface area contributed by atoms with Crippen LogP contribution in [0, 0.1) is 5.82 Å². The second-order valence-electron chi connectivity index (χ2n) is 4.16. The van der Waals surface area contributed by atoms with Gasteiger partial charge in [-0.05, 0) is 30.3 Å². The number of nitrogens with zero attached hydrogens (tertiary/aromatic N) is 1. The number of hydrogen-bond acceptors (Lipinski definition) is 2. The van der Waals surface area contributed by atoms with E-state index in [1.807, 2.05) is 12.1 Å². The van der Waals surface area contributed by atoms with E-state index in [9.17, 15) is 4.39 Å². The first-order valence-corrected chi connectivity index (χ1v) is 6.56. The van der Waals surface area contributed by atoms with Crippen LogP contribution < -0.4 is 4.74 Å². The lowest BCUT2D eigenvalue weighted by atomic mass is 10.2. The third-order valence-corrected chi connectivity index (χ3v) is 3.36. The maximum absolute atomic E-state index is 13.0. The van der Waals surface area contributed by atoms with Gasteiger partial charge in [-0.15, -0.1) is 0 Å². The minimum atomic E-state index is -0.411. The molecular weight excluding hydrogens is 300 g/mol. The molecule has 1 heterocycles. The van der Waals surface area contributed by atoms with Crippen LogP contribution in [0.1, 0.15) is 0 Å². The summed E-state index contributed by atoms with van der Waals surface area (Å²) in [6.07, 6.45) is 1.55. The smallest absolute Gasteiger partial charge is 0.146 e. The topological polar surface area (TPSA) is 22.1 Å². The fraction of sp³-hybridized carbons (Fsp3) is 0. The average Bonchev–Trinajstić information content (AvgIpc) is 2.42. The van der Waals surface area contributed by atoms with Gasteiger partial charge in [-0.25, -0.2) is 4.39 Å². The predicted octanol–water partition coefficient (Wildman–Crippen LogP) is 5.47. The highest BCUT2D eigenvalue weighted by molar-refractivity contribution is 6.35. The number of hydrogen-bond donors (Lipinski definition) is 0. The van der Waals surface area contributed by atoms with Crippen molar-refractivity contribution in [2.75, 3.05) is 0 Å². The highest BCUT2D eigenvalue weighted by atomic mass is 35.5. The normalized spacial score (nSPS) is 10.8. The van der Waals surface area contributed by atoms with Crippen LogP contribution in [0.3, 0.4) is 0 Å². The minimum Gasteiger partial charge on any atom is -0.454 e. The highest BCUT2D eigenvalue weighted by Gasteiger charge is 2.07. The number of ether oxygens (including phenoxy) is 1. The van der Waals surface area contributed by atoms with E-state index >= 15 is 0 Å². The number of halogens is 3. The lowest BCUT2D eigenvalue weighted by Crippen LogP contribution is -1.88. The van der Waals surface area contributed by atoms with Crippen LogP contribution in [0.5, 0.6) is 11.5 Å². The number of para-hydroxylation sites is 1. The van der Waals surface area contributed by atoms with Crippen LogP contribution in [-0.2, 0) is 0 Å². The first-order valence-electron chi connectivity index (χ1n) is 5.81. The first-order chi connectivity index (χ1) is 9.63. The molecular formula is C15H8Cl2FNO. The molecule has 2 nitrogen and oxygen atoms in total. The molecule has 20 heavy (non-hydrogen) atoms. The van der Waals surface area contributed by atoms with Crippen molar-refractivity contribution in [3.63, 3.8) is 0 Å². The molecule has 5 heteroatoms. The SMILES string of the molecule is Fc1ccc(Oc2cnc3c(Cl)cccc3c2)c(Cl)c1. The summed E-state index contributed by atoms with van der Waals surface area (Å²) in [7, 11) is 0. The molecule has 0 saturated carbocycles. The molecule has 0 spiro atoms. The van der Waals surface area contributed by atoms with Crippen molar-refractivity contribution in [3.05, 3.63) is 64.5 Å². The fourth-order valence-corrected chi connectivity index (χ4v) is 2.28. The maximum atomic E-state index is 13.0. The van der Waals surface area contributed by atoms with Crippen molar-refractivity contribution in [1.82, 2.24) is 4.98 Å². The van der Waals surface area contributed by atoms with Crippen LogP contribution in [0.15, 0.2) is 48.7 Å². The minimum absolute atomic E-state index is 0.205. The summed E-state index contributed by atoms with van der Waals surface area (Å²) >= 11 is 12.0. The van der Waals surface area contributed by atoms with Crippen molar-refractivity contribution in [3.8, 4) is 11.5 Å². The van der Waals surface area contributed by atoms with E-state index < -0.39 is 5.82 Å². The first kappa shape index (κ1) is 13.2. The molecule has 100 valence electrons. The molecule has 0 unspecified atom stereocenters. The molecule has 0 radical (unpaired) electrons. The van der Waals surface area contributed by atoms with E-state index in [2.05, 4.69) is 4.98 Å². The van der Waals surface area contributed by atoms with E-state index in [-0.39, 0.29) is 5.02 Å². The Bertz CT molecular complexity index is 792.